The third kappa shape index (κ3) is 3.24. The van der Waals surface area contributed by atoms with Crippen molar-refractivity contribution in [2.45, 2.75) is 26.7 Å². The molecule has 0 amide bonds. The maximum Gasteiger partial charge on any atom is 0.235 e. The summed E-state index contributed by atoms with van der Waals surface area (Å²) in [5, 5.41) is 12.8. The maximum atomic E-state index is 5.85. The van der Waals surface area contributed by atoms with Gasteiger partial charge in [-0.2, -0.15) is 4.52 Å². The standard InChI is InChI=1S/C17H21N7O/c1-12-17(19-8-7-18-12)25-11-14-5-9-23(10-6-14)16-4-3-15-21-20-13(2)24(15)22-16/h3-4,7-8,14H,5-6,9-11H2,1-2H3. The molecule has 0 aliphatic carbocycles. The number of nitrogens with zero attached hydrogens (tertiary/aromatic N) is 7. The summed E-state index contributed by atoms with van der Waals surface area (Å²) >= 11 is 0. The van der Waals surface area contributed by atoms with E-state index in [9.17, 15) is 0 Å². The van der Waals surface area contributed by atoms with Crippen LogP contribution in [0.3, 0.4) is 0 Å². The lowest BCUT2D eigenvalue weighted by Gasteiger charge is -2.32. The predicted octanol–water partition coefficient (Wildman–Crippen LogP) is 1.83. The first-order valence-corrected chi connectivity index (χ1v) is 8.55. The molecule has 4 rings (SSSR count). The lowest BCUT2D eigenvalue weighted by Crippen LogP contribution is -2.36. The van der Waals surface area contributed by atoms with Crippen molar-refractivity contribution in [1.82, 2.24) is 29.8 Å². The zero-order valence-electron chi connectivity index (χ0n) is 14.5. The molecule has 0 radical (unpaired) electrons. The fraction of sp³-hybridized carbons (Fsp3) is 0.471. The van der Waals surface area contributed by atoms with E-state index in [2.05, 4.69) is 30.2 Å². The van der Waals surface area contributed by atoms with Crippen LogP contribution in [0.25, 0.3) is 5.65 Å². The highest BCUT2D eigenvalue weighted by atomic mass is 16.5. The average molecular weight is 339 g/mol. The second-order valence-electron chi connectivity index (χ2n) is 6.40. The van der Waals surface area contributed by atoms with Crippen LogP contribution in [0.2, 0.25) is 0 Å². The van der Waals surface area contributed by atoms with Gasteiger partial charge in [-0.05, 0) is 44.7 Å². The Hall–Kier alpha value is -2.77. The number of fused-ring (bicyclic) bond motifs is 1. The van der Waals surface area contributed by atoms with Crippen LogP contribution in [0.1, 0.15) is 24.4 Å². The van der Waals surface area contributed by atoms with Crippen LogP contribution >= 0.6 is 0 Å². The summed E-state index contributed by atoms with van der Waals surface area (Å²) in [6.07, 6.45) is 5.49. The van der Waals surface area contributed by atoms with Gasteiger partial charge in [0, 0.05) is 25.5 Å². The average Bonchev–Trinajstić information content (AvgIpc) is 3.02. The molecule has 0 unspecified atom stereocenters. The van der Waals surface area contributed by atoms with Gasteiger partial charge in [0.25, 0.3) is 0 Å². The summed E-state index contributed by atoms with van der Waals surface area (Å²) in [7, 11) is 0. The molecule has 3 aromatic heterocycles. The lowest BCUT2D eigenvalue weighted by atomic mass is 9.98. The van der Waals surface area contributed by atoms with E-state index in [4.69, 9.17) is 4.74 Å². The van der Waals surface area contributed by atoms with E-state index in [1.165, 1.54) is 0 Å². The normalized spacial score (nSPS) is 15.7. The van der Waals surface area contributed by atoms with Crippen molar-refractivity contribution in [1.29, 1.82) is 0 Å². The molecule has 3 aromatic rings. The summed E-state index contributed by atoms with van der Waals surface area (Å²) in [6, 6.07) is 3.98. The van der Waals surface area contributed by atoms with Crippen molar-refractivity contribution >= 4 is 11.5 Å². The minimum Gasteiger partial charge on any atom is -0.476 e. The summed E-state index contributed by atoms with van der Waals surface area (Å²) in [5.41, 5.74) is 1.62. The second-order valence-corrected chi connectivity index (χ2v) is 6.40. The zero-order chi connectivity index (χ0) is 17.2. The number of aromatic nitrogens is 6. The highest BCUT2D eigenvalue weighted by molar-refractivity contribution is 5.45. The molecule has 8 nitrogen and oxygen atoms in total. The van der Waals surface area contributed by atoms with E-state index < -0.39 is 0 Å². The molecule has 1 fully saturated rings. The minimum atomic E-state index is 0.526. The number of piperidine rings is 1. The van der Waals surface area contributed by atoms with Crippen LogP contribution < -0.4 is 9.64 Å². The summed E-state index contributed by atoms with van der Waals surface area (Å²) in [4.78, 5) is 10.8. The zero-order valence-corrected chi connectivity index (χ0v) is 14.5. The molecule has 1 aliphatic heterocycles. The van der Waals surface area contributed by atoms with Gasteiger partial charge in [0.1, 0.15) is 5.82 Å². The maximum absolute atomic E-state index is 5.85. The van der Waals surface area contributed by atoms with Crippen LogP contribution in [-0.4, -0.2) is 49.5 Å². The molecule has 8 heteroatoms. The molecule has 0 saturated carbocycles. The Morgan fingerprint density at radius 3 is 2.68 bits per heavy atom. The van der Waals surface area contributed by atoms with Crippen molar-refractivity contribution in [2.24, 2.45) is 5.92 Å². The number of aryl methyl sites for hydroxylation is 2. The molecular formula is C17H21N7O. The molecule has 1 saturated heterocycles. The van der Waals surface area contributed by atoms with Crippen molar-refractivity contribution < 1.29 is 4.74 Å². The largest absolute Gasteiger partial charge is 0.476 e. The SMILES string of the molecule is Cc1nccnc1OCC1CCN(c2ccc3nnc(C)n3n2)CC1. The van der Waals surface area contributed by atoms with Gasteiger partial charge in [0.2, 0.25) is 5.88 Å². The van der Waals surface area contributed by atoms with E-state index in [1.807, 2.05) is 26.0 Å². The van der Waals surface area contributed by atoms with E-state index in [1.54, 1.807) is 16.9 Å². The molecule has 0 N–H and O–H groups in total. The monoisotopic (exact) mass is 339 g/mol. The number of hydrogen-bond donors (Lipinski definition) is 0. The molecule has 0 aromatic carbocycles. The Morgan fingerprint density at radius 2 is 1.88 bits per heavy atom. The van der Waals surface area contributed by atoms with Crippen LogP contribution in [0.5, 0.6) is 5.88 Å². The van der Waals surface area contributed by atoms with Gasteiger partial charge in [-0.1, -0.05) is 0 Å². The quantitative estimate of drug-likeness (QED) is 0.717. The summed E-state index contributed by atoms with van der Waals surface area (Å²) in [6.45, 7) is 6.44. The van der Waals surface area contributed by atoms with E-state index in [0.717, 1.165) is 48.9 Å². The molecular weight excluding hydrogens is 318 g/mol. The molecule has 130 valence electrons. The lowest BCUT2D eigenvalue weighted by molar-refractivity contribution is 0.213. The van der Waals surface area contributed by atoms with Crippen LogP contribution in [-0.2, 0) is 0 Å². The van der Waals surface area contributed by atoms with Crippen LogP contribution in [0.4, 0.5) is 5.82 Å². The van der Waals surface area contributed by atoms with Gasteiger partial charge in [-0.25, -0.2) is 4.98 Å². The van der Waals surface area contributed by atoms with Crippen molar-refractivity contribution in [3.8, 4) is 5.88 Å². The van der Waals surface area contributed by atoms with Gasteiger partial charge >= 0.3 is 0 Å². The third-order valence-electron chi connectivity index (χ3n) is 4.64. The first kappa shape index (κ1) is 15.7. The fourth-order valence-electron chi connectivity index (χ4n) is 3.12. The second kappa shape index (κ2) is 6.62. The Bertz CT molecular complexity index is 870. The van der Waals surface area contributed by atoms with Crippen LogP contribution in [0.15, 0.2) is 24.5 Å². The molecule has 1 aliphatic rings. The number of anilines is 1. The third-order valence-corrected chi connectivity index (χ3v) is 4.64. The first-order valence-electron chi connectivity index (χ1n) is 8.55. The van der Waals surface area contributed by atoms with Gasteiger partial charge in [0.15, 0.2) is 11.5 Å². The summed E-state index contributed by atoms with van der Waals surface area (Å²) < 4.78 is 7.64. The minimum absolute atomic E-state index is 0.526. The fourth-order valence-corrected chi connectivity index (χ4v) is 3.12. The van der Waals surface area contributed by atoms with Crippen LogP contribution in [0, 0.1) is 19.8 Å². The van der Waals surface area contributed by atoms with Gasteiger partial charge < -0.3 is 9.64 Å². The van der Waals surface area contributed by atoms with E-state index in [0.29, 0.717) is 18.4 Å². The molecule has 25 heavy (non-hydrogen) atoms. The van der Waals surface area contributed by atoms with Crippen molar-refractivity contribution in [3.05, 3.63) is 36.0 Å². The van der Waals surface area contributed by atoms with Gasteiger partial charge in [-0.3, -0.25) is 4.98 Å². The first-order chi connectivity index (χ1) is 12.2. The molecule has 4 heterocycles. The van der Waals surface area contributed by atoms with E-state index in [-0.39, 0.29) is 0 Å². The molecule has 0 spiro atoms. The molecule has 0 bridgehead atoms. The number of ether oxygens (including phenoxy) is 1. The molecule has 0 atom stereocenters. The van der Waals surface area contributed by atoms with E-state index >= 15 is 0 Å². The predicted molar refractivity (Wildman–Crippen MR) is 92.7 cm³/mol. The number of rotatable bonds is 4. The van der Waals surface area contributed by atoms with Gasteiger partial charge in [0.05, 0.1) is 12.3 Å². The number of hydrogen-bond acceptors (Lipinski definition) is 7. The van der Waals surface area contributed by atoms with Crippen molar-refractivity contribution in [3.63, 3.8) is 0 Å². The summed E-state index contributed by atoms with van der Waals surface area (Å²) in [5.74, 6) is 2.94. The van der Waals surface area contributed by atoms with Gasteiger partial charge in [-0.15, -0.1) is 15.3 Å². The Morgan fingerprint density at radius 1 is 1.08 bits per heavy atom. The Balaban J connectivity index is 1.36. The Labute approximate surface area is 145 Å². The smallest absolute Gasteiger partial charge is 0.235 e. The highest BCUT2D eigenvalue weighted by Crippen LogP contribution is 2.23. The topological polar surface area (TPSA) is 81.3 Å². The highest BCUT2D eigenvalue weighted by Gasteiger charge is 2.21. The van der Waals surface area contributed by atoms with Crippen molar-refractivity contribution in [2.75, 3.05) is 24.6 Å². The Kier molecular flexibility index (Phi) is 4.17.